The van der Waals surface area contributed by atoms with Crippen molar-refractivity contribution in [3.63, 3.8) is 0 Å². The van der Waals surface area contributed by atoms with Gasteiger partial charge in [-0.3, -0.25) is 4.52 Å². The molecule has 0 bridgehead atoms. The minimum atomic E-state index is -3.33. The second kappa shape index (κ2) is 7.33. The standard InChI is InChI=1S/C15H15Cl2O3P/c1-2-19-21(18,11-12-6-4-3-5-7-12)20-15-9-8-13(16)10-14(15)17/h3-10H,2,11H2,1H3. The summed E-state index contributed by atoms with van der Waals surface area (Å²) in [5, 5.41) is 0.789. The number of hydrogen-bond donors (Lipinski definition) is 0. The Bertz CT molecular complexity index is 647. The van der Waals surface area contributed by atoms with Crippen LogP contribution in [-0.4, -0.2) is 6.61 Å². The van der Waals surface area contributed by atoms with Gasteiger partial charge < -0.3 is 4.52 Å². The Balaban J connectivity index is 2.23. The van der Waals surface area contributed by atoms with Gasteiger partial charge in [-0.25, -0.2) is 4.57 Å². The lowest BCUT2D eigenvalue weighted by Crippen LogP contribution is -2.02. The van der Waals surface area contributed by atoms with E-state index in [4.69, 9.17) is 32.2 Å². The second-order valence-corrected chi connectivity index (χ2v) is 7.16. The minimum Gasteiger partial charge on any atom is -0.423 e. The van der Waals surface area contributed by atoms with E-state index in [1.54, 1.807) is 19.1 Å². The number of rotatable bonds is 6. The lowest BCUT2D eigenvalue weighted by molar-refractivity contribution is 0.278. The Morgan fingerprint density at radius 3 is 2.43 bits per heavy atom. The van der Waals surface area contributed by atoms with Crippen LogP contribution in [0.4, 0.5) is 0 Å². The van der Waals surface area contributed by atoms with E-state index >= 15 is 0 Å². The van der Waals surface area contributed by atoms with Crippen LogP contribution in [0.15, 0.2) is 48.5 Å². The van der Waals surface area contributed by atoms with Crippen LogP contribution in [-0.2, 0) is 15.3 Å². The lowest BCUT2D eigenvalue weighted by atomic mass is 10.2. The second-order valence-electron chi connectivity index (χ2n) is 4.34. The highest BCUT2D eigenvalue weighted by Gasteiger charge is 2.27. The van der Waals surface area contributed by atoms with Crippen molar-refractivity contribution in [3.05, 3.63) is 64.1 Å². The third kappa shape index (κ3) is 4.76. The van der Waals surface area contributed by atoms with E-state index in [9.17, 15) is 4.57 Å². The van der Waals surface area contributed by atoms with Gasteiger partial charge in [0.05, 0.1) is 17.8 Å². The molecule has 0 spiro atoms. The van der Waals surface area contributed by atoms with Crippen molar-refractivity contribution >= 4 is 30.8 Å². The Kier molecular flexibility index (Phi) is 5.72. The van der Waals surface area contributed by atoms with Crippen molar-refractivity contribution in [2.75, 3.05) is 6.61 Å². The summed E-state index contributed by atoms with van der Waals surface area (Å²) >= 11 is 11.9. The molecule has 3 nitrogen and oxygen atoms in total. The summed E-state index contributed by atoms with van der Waals surface area (Å²) < 4.78 is 23.8. The molecule has 0 aliphatic carbocycles. The van der Waals surface area contributed by atoms with E-state index in [0.717, 1.165) is 5.56 Å². The van der Waals surface area contributed by atoms with Crippen LogP contribution in [0.5, 0.6) is 5.75 Å². The van der Waals surface area contributed by atoms with E-state index in [1.165, 1.54) is 6.07 Å². The molecule has 0 saturated heterocycles. The molecule has 2 aromatic rings. The number of hydrogen-bond acceptors (Lipinski definition) is 3. The summed E-state index contributed by atoms with van der Waals surface area (Å²) in [4.78, 5) is 0. The SMILES string of the molecule is CCOP(=O)(Cc1ccccc1)Oc1ccc(Cl)cc1Cl. The molecule has 0 aliphatic heterocycles. The molecule has 0 N–H and O–H groups in total. The Morgan fingerprint density at radius 1 is 1.10 bits per heavy atom. The Morgan fingerprint density at radius 2 is 1.81 bits per heavy atom. The number of benzene rings is 2. The predicted molar refractivity (Wildman–Crippen MR) is 86.5 cm³/mol. The van der Waals surface area contributed by atoms with Crippen LogP contribution in [0.1, 0.15) is 12.5 Å². The molecule has 0 fully saturated rings. The molecule has 0 heterocycles. The third-order valence-corrected chi connectivity index (χ3v) is 5.09. The summed E-state index contributed by atoms with van der Waals surface area (Å²) in [5.74, 6) is 0.300. The zero-order valence-corrected chi connectivity index (χ0v) is 13.9. The molecular weight excluding hydrogens is 330 g/mol. The van der Waals surface area contributed by atoms with Crippen molar-refractivity contribution in [1.29, 1.82) is 0 Å². The molecule has 1 unspecified atom stereocenters. The molecule has 21 heavy (non-hydrogen) atoms. The lowest BCUT2D eigenvalue weighted by Gasteiger charge is -2.19. The van der Waals surface area contributed by atoms with Crippen LogP contribution >= 0.6 is 30.8 Å². The van der Waals surface area contributed by atoms with Crippen LogP contribution in [0.2, 0.25) is 10.0 Å². The van der Waals surface area contributed by atoms with Crippen molar-refractivity contribution in [3.8, 4) is 5.75 Å². The maximum absolute atomic E-state index is 12.9. The topological polar surface area (TPSA) is 35.5 Å². The normalized spacial score (nSPS) is 13.7. The summed E-state index contributed by atoms with van der Waals surface area (Å²) in [7, 11) is -3.33. The van der Waals surface area contributed by atoms with Gasteiger partial charge in [-0.1, -0.05) is 53.5 Å². The van der Waals surface area contributed by atoms with E-state index in [2.05, 4.69) is 0 Å². The molecule has 0 amide bonds. The molecule has 0 radical (unpaired) electrons. The molecule has 0 aliphatic rings. The van der Waals surface area contributed by atoms with Gasteiger partial charge in [0.2, 0.25) is 0 Å². The van der Waals surface area contributed by atoms with Gasteiger partial charge in [-0.05, 0) is 30.7 Å². The van der Waals surface area contributed by atoms with Gasteiger partial charge in [-0.15, -0.1) is 0 Å². The summed E-state index contributed by atoms with van der Waals surface area (Å²) in [6.07, 6.45) is 0.181. The largest absolute Gasteiger partial charge is 0.423 e. The zero-order valence-electron chi connectivity index (χ0n) is 11.5. The highest BCUT2D eigenvalue weighted by Crippen LogP contribution is 2.52. The van der Waals surface area contributed by atoms with Crippen molar-refractivity contribution < 1.29 is 13.6 Å². The van der Waals surface area contributed by atoms with E-state index in [0.29, 0.717) is 15.8 Å². The third-order valence-electron chi connectivity index (χ3n) is 2.68. The van der Waals surface area contributed by atoms with Crippen LogP contribution in [0.25, 0.3) is 0 Å². The van der Waals surface area contributed by atoms with Crippen LogP contribution in [0, 0.1) is 0 Å². The molecule has 6 heteroatoms. The van der Waals surface area contributed by atoms with Gasteiger partial charge in [0.15, 0.2) is 0 Å². The monoisotopic (exact) mass is 344 g/mol. The molecule has 2 rings (SSSR count). The van der Waals surface area contributed by atoms with Gasteiger partial charge in [-0.2, -0.15) is 0 Å². The quantitative estimate of drug-likeness (QED) is 0.621. The van der Waals surface area contributed by atoms with Crippen LogP contribution in [0.3, 0.4) is 0 Å². The molecule has 1 atom stereocenters. The molecule has 0 aromatic heterocycles. The predicted octanol–water partition coefficient (Wildman–Crippen LogP) is 5.80. The smallest absolute Gasteiger partial charge is 0.383 e. The minimum absolute atomic E-state index is 0.181. The fraction of sp³-hybridized carbons (Fsp3) is 0.200. The Hall–Kier alpha value is -0.990. The van der Waals surface area contributed by atoms with Gasteiger partial charge in [0, 0.05) is 5.02 Å². The highest BCUT2D eigenvalue weighted by molar-refractivity contribution is 7.53. The molecular formula is C15H15Cl2O3P. The van der Waals surface area contributed by atoms with E-state index in [1.807, 2.05) is 30.3 Å². The summed E-state index contributed by atoms with van der Waals surface area (Å²) in [6.45, 7) is 2.06. The van der Waals surface area contributed by atoms with Crippen molar-refractivity contribution in [2.24, 2.45) is 0 Å². The van der Waals surface area contributed by atoms with E-state index in [-0.39, 0.29) is 12.8 Å². The van der Waals surface area contributed by atoms with Gasteiger partial charge in [0.25, 0.3) is 0 Å². The number of halogens is 2. The molecule has 112 valence electrons. The molecule has 0 saturated carbocycles. The van der Waals surface area contributed by atoms with Crippen LogP contribution < -0.4 is 4.52 Å². The first kappa shape index (κ1) is 16.4. The molecule has 2 aromatic carbocycles. The fourth-order valence-corrected chi connectivity index (χ4v) is 4.03. The maximum atomic E-state index is 12.9. The average molecular weight is 345 g/mol. The first-order valence-corrected chi connectivity index (χ1v) is 8.93. The van der Waals surface area contributed by atoms with E-state index < -0.39 is 7.60 Å². The average Bonchev–Trinajstić information content (AvgIpc) is 2.43. The zero-order chi connectivity index (χ0) is 15.3. The van der Waals surface area contributed by atoms with Crippen molar-refractivity contribution in [1.82, 2.24) is 0 Å². The summed E-state index contributed by atoms with van der Waals surface area (Å²) in [6, 6.07) is 14.1. The first-order valence-electron chi connectivity index (χ1n) is 6.44. The first-order chi connectivity index (χ1) is 10.0. The fourth-order valence-electron chi connectivity index (χ4n) is 1.81. The highest BCUT2D eigenvalue weighted by atomic mass is 35.5. The van der Waals surface area contributed by atoms with Crippen molar-refractivity contribution in [2.45, 2.75) is 13.1 Å². The maximum Gasteiger partial charge on any atom is 0.383 e. The summed E-state index contributed by atoms with van der Waals surface area (Å²) in [5.41, 5.74) is 0.874. The Labute approximate surface area is 134 Å². The van der Waals surface area contributed by atoms with Gasteiger partial charge >= 0.3 is 7.60 Å². The van der Waals surface area contributed by atoms with Gasteiger partial charge in [0.1, 0.15) is 5.75 Å².